The molecule has 2 aliphatic rings. The third kappa shape index (κ3) is 18.0. The van der Waals surface area contributed by atoms with E-state index < -0.39 is 17.0 Å². The lowest BCUT2D eigenvalue weighted by Gasteiger charge is -2.33. The standard InChI is InChI=1S/C10H12F2.C10H13F.C10H20.C9H12FN.C9H18/c1-10(2,3)9-7(11)5-4-6-8(9)12;1-10(2,3)8-6-4-5-7-9(8)11;1-10(2,3)9-7-5-4-6-8-9;1-9(2,3)8-7(10)5-4-6-11-8;1-9(2,3)8-6-4-5-7-8/h4-6H,1-3H3;4-7H,1-3H3;9H,4-8H2,1-3H3;4-6H,1-3H3;8H,4-7H2,1-3H3. The number of hydrogen-bond donors (Lipinski definition) is 0. The maximum Gasteiger partial charge on any atom is 0.145 e. The molecule has 0 atom stereocenters. The SMILES string of the molecule is CC(C)(C)C1CCCC1.CC(C)(C)C1CCCCC1.CC(C)(C)c1c(F)cccc1F.CC(C)(C)c1ccccc1F.CC(C)(C)c1ncccc1F. The Balaban J connectivity index is 0.000000332. The Morgan fingerprint density at radius 3 is 1.11 bits per heavy atom. The van der Waals surface area contributed by atoms with Gasteiger partial charge < -0.3 is 0 Å². The highest BCUT2D eigenvalue weighted by Gasteiger charge is 2.27. The van der Waals surface area contributed by atoms with Gasteiger partial charge in [-0.25, -0.2) is 17.6 Å². The third-order valence-electron chi connectivity index (χ3n) is 10.3. The molecular formula is C48H75F4N. The molecule has 0 unspecified atom stereocenters. The van der Waals surface area contributed by atoms with Gasteiger partial charge in [0.25, 0.3) is 0 Å². The van der Waals surface area contributed by atoms with E-state index in [2.05, 4.69) is 46.5 Å². The molecule has 5 rings (SSSR count). The van der Waals surface area contributed by atoms with Crippen molar-refractivity contribution < 1.29 is 17.6 Å². The monoisotopic (exact) mass is 742 g/mol. The molecule has 1 heterocycles. The predicted octanol–water partition coefficient (Wildman–Crippen LogP) is 15.7. The molecule has 53 heavy (non-hydrogen) atoms. The zero-order valence-corrected chi connectivity index (χ0v) is 36.3. The van der Waals surface area contributed by atoms with E-state index in [1.165, 1.54) is 88.1 Å². The fourth-order valence-electron chi connectivity index (χ4n) is 6.98. The van der Waals surface area contributed by atoms with Crippen LogP contribution in [0.25, 0.3) is 0 Å². The first-order valence-electron chi connectivity index (χ1n) is 20.0. The molecule has 0 saturated heterocycles. The van der Waals surface area contributed by atoms with Gasteiger partial charge in [0.1, 0.15) is 23.3 Å². The van der Waals surface area contributed by atoms with Crippen molar-refractivity contribution in [3.05, 3.63) is 101 Å². The highest BCUT2D eigenvalue weighted by atomic mass is 19.1. The molecule has 0 amide bonds. The van der Waals surface area contributed by atoms with Gasteiger partial charge in [-0.2, -0.15) is 0 Å². The quantitative estimate of drug-likeness (QED) is 0.209. The predicted molar refractivity (Wildman–Crippen MR) is 220 cm³/mol. The minimum atomic E-state index is -0.477. The third-order valence-corrected chi connectivity index (χ3v) is 10.3. The van der Waals surface area contributed by atoms with E-state index in [1.54, 1.807) is 39.1 Å². The number of halogens is 4. The summed E-state index contributed by atoms with van der Waals surface area (Å²) in [7, 11) is 0. The molecule has 2 saturated carbocycles. The Morgan fingerprint density at radius 1 is 0.434 bits per heavy atom. The Hall–Kier alpha value is -2.69. The average molecular weight is 742 g/mol. The molecule has 0 spiro atoms. The lowest BCUT2D eigenvalue weighted by molar-refractivity contribution is 0.180. The fraction of sp³-hybridized carbons (Fsp3) is 0.646. The number of nitrogens with zero attached hydrogens (tertiary/aromatic N) is 1. The summed E-state index contributed by atoms with van der Waals surface area (Å²) in [6.07, 6.45) is 14.9. The van der Waals surface area contributed by atoms with Crippen LogP contribution in [0.3, 0.4) is 0 Å². The second kappa shape index (κ2) is 20.8. The second-order valence-corrected chi connectivity index (χ2v) is 20.2. The van der Waals surface area contributed by atoms with Crippen molar-refractivity contribution in [2.45, 2.75) is 178 Å². The summed E-state index contributed by atoms with van der Waals surface area (Å²) in [6, 6.07) is 13.9. The van der Waals surface area contributed by atoms with Crippen LogP contribution in [0.15, 0.2) is 60.8 Å². The van der Waals surface area contributed by atoms with Crippen LogP contribution in [0.5, 0.6) is 0 Å². The molecule has 2 aromatic carbocycles. The fourth-order valence-corrected chi connectivity index (χ4v) is 6.98. The molecular weight excluding hydrogens is 667 g/mol. The van der Waals surface area contributed by atoms with Gasteiger partial charge in [-0.15, -0.1) is 0 Å². The Labute approximate surface area is 323 Å². The van der Waals surface area contributed by atoms with Gasteiger partial charge in [0.15, 0.2) is 0 Å². The molecule has 1 nitrogen and oxygen atoms in total. The van der Waals surface area contributed by atoms with Crippen molar-refractivity contribution in [1.29, 1.82) is 0 Å². The number of aromatic nitrogens is 1. The number of hydrogen-bond acceptors (Lipinski definition) is 1. The van der Waals surface area contributed by atoms with E-state index >= 15 is 0 Å². The molecule has 3 aromatic rings. The van der Waals surface area contributed by atoms with E-state index in [0.29, 0.717) is 16.5 Å². The van der Waals surface area contributed by atoms with Gasteiger partial charge in [-0.05, 0) is 95.1 Å². The highest BCUT2D eigenvalue weighted by molar-refractivity contribution is 5.26. The Kier molecular flexibility index (Phi) is 19.0. The zero-order chi connectivity index (χ0) is 40.8. The largest absolute Gasteiger partial charge is 0.258 e. The lowest BCUT2D eigenvalue weighted by atomic mass is 9.72. The van der Waals surface area contributed by atoms with Crippen molar-refractivity contribution in [3.63, 3.8) is 0 Å². The second-order valence-electron chi connectivity index (χ2n) is 20.2. The van der Waals surface area contributed by atoms with Crippen LogP contribution >= 0.6 is 0 Å². The topological polar surface area (TPSA) is 12.9 Å². The number of pyridine rings is 1. The maximum atomic E-state index is 13.1. The van der Waals surface area contributed by atoms with Crippen LogP contribution in [-0.4, -0.2) is 4.98 Å². The van der Waals surface area contributed by atoms with Crippen LogP contribution in [-0.2, 0) is 16.2 Å². The van der Waals surface area contributed by atoms with Crippen molar-refractivity contribution >= 4 is 0 Å². The molecule has 1 aromatic heterocycles. The van der Waals surface area contributed by atoms with Crippen LogP contribution in [0, 0.1) is 45.9 Å². The molecule has 0 radical (unpaired) electrons. The average Bonchev–Trinajstić information content (AvgIpc) is 3.58. The van der Waals surface area contributed by atoms with Gasteiger partial charge in [0, 0.05) is 17.2 Å². The summed E-state index contributed by atoms with van der Waals surface area (Å²) < 4.78 is 52.3. The molecule has 300 valence electrons. The van der Waals surface area contributed by atoms with Crippen LogP contribution in [0.4, 0.5) is 17.6 Å². The lowest BCUT2D eigenvalue weighted by Crippen LogP contribution is -2.22. The summed E-state index contributed by atoms with van der Waals surface area (Å²) in [6.45, 7) is 31.4. The van der Waals surface area contributed by atoms with E-state index in [4.69, 9.17) is 0 Å². The van der Waals surface area contributed by atoms with Gasteiger partial charge in [-0.1, -0.05) is 160 Å². The maximum absolute atomic E-state index is 13.1. The Bertz CT molecular complexity index is 1390. The summed E-state index contributed by atoms with van der Waals surface area (Å²) in [4.78, 5) is 3.97. The van der Waals surface area contributed by atoms with Crippen molar-refractivity contribution in [3.8, 4) is 0 Å². The van der Waals surface area contributed by atoms with Crippen molar-refractivity contribution in [1.82, 2.24) is 4.98 Å². The van der Waals surface area contributed by atoms with Crippen molar-refractivity contribution in [2.24, 2.45) is 22.7 Å². The van der Waals surface area contributed by atoms with Gasteiger partial charge >= 0.3 is 0 Å². The molecule has 2 fully saturated rings. The molecule has 0 bridgehead atoms. The van der Waals surface area contributed by atoms with Gasteiger partial charge in [0.2, 0.25) is 0 Å². The minimum Gasteiger partial charge on any atom is -0.258 e. The van der Waals surface area contributed by atoms with Crippen LogP contribution in [0.2, 0.25) is 0 Å². The highest BCUT2D eigenvalue weighted by Crippen LogP contribution is 2.39. The van der Waals surface area contributed by atoms with Gasteiger partial charge in [-0.3, -0.25) is 4.98 Å². The van der Waals surface area contributed by atoms with E-state index in [0.717, 1.165) is 17.4 Å². The molecule has 0 N–H and O–H groups in total. The zero-order valence-electron chi connectivity index (χ0n) is 36.3. The molecule has 2 aliphatic carbocycles. The number of rotatable bonds is 0. The summed E-state index contributed by atoms with van der Waals surface area (Å²) in [5.74, 6) is 0.740. The van der Waals surface area contributed by atoms with Gasteiger partial charge in [0.05, 0.1) is 5.69 Å². The number of benzene rings is 2. The minimum absolute atomic E-state index is 0.0919. The van der Waals surface area contributed by atoms with Crippen molar-refractivity contribution in [2.75, 3.05) is 0 Å². The van der Waals surface area contributed by atoms with E-state index in [-0.39, 0.29) is 28.0 Å². The Morgan fingerprint density at radius 2 is 0.830 bits per heavy atom. The molecule has 5 heteroatoms. The van der Waals surface area contributed by atoms with E-state index in [1.807, 2.05) is 53.7 Å². The van der Waals surface area contributed by atoms with E-state index in [9.17, 15) is 17.6 Å². The first-order valence-corrected chi connectivity index (χ1v) is 20.0. The molecule has 0 aliphatic heterocycles. The first kappa shape index (κ1) is 48.3. The summed E-state index contributed by atoms with van der Waals surface area (Å²) >= 11 is 0. The van der Waals surface area contributed by atoms with Crippen LogP contribution < -0.4 is 0 Å². The smallest absolute Gasteiger partial charge is 0.145 e. The first-order chi connectivity index (χ1) is 24.2. The summed E-state index contributed by atoms with van der Waals surface area (Å²) in [5, 5.41) is 0. The summed E-state index contributed by atoms with van der Waals surface area (Å²) in [5.41, 5.74) is 1.84. The van der Waals surface area contributed by atoms with Crippen LogP contribution in [0.1, 0.15) is 178 Å². The normalized spacial score (nSPS) is 15.8.